The summed E-state index contributed by atoms with van der Waals surface area (Å²) in [6, 6.07) is 0. The van der Waals surface area contributed by atoms with E-state index in [4.69, 9.17) is 0 Å². The number of fused-ring (bicyclic) bond motifs is 3. The first kappa shape index (κ1) is 17.0. The second-order valence-corrected chi connectivity index (χ2v) is 9.56. The third-order valence-corrected chi connectivity index (χ3v) is 8.26. The van der Waals surface area contributed by atoms with Crippen LogP contribution < -0.4 is 0 Å². The quantitative estimate of drug-likeness (QED) is 0.519. The molecule has 0 fully saturated rings. The van der Waals surface area contributed by atoms with Gasteiger partial charge in [0.05, 0.1) is 0 Å². The van der Waals surface area contributed by atoms with Crippen molar-refractivity contribution in [2.75, 3.05) is 0 Å². The molecule has 1 nitrogen and oxygen atoms in total. The summed E-state index contributed by atoms with van der Waals surface area (Å²) < 4.78 is 0. The van der Waals surface area contributed by atoms with E-state index in [2.05, 4.69) is 48.5 Å². The van der Waals surface area contributed by atoms with Gasteiger partial charge in [-0.2, -0.15) is 0 Å². The Balaban J connectivity index is 2.16. The van der Waals surface area contributed by atoms with Gasteiger partial charge in [0.15, 0.2) is 5.78 Å². The van der Waals surface area contributed by atoms with Crippen LogP contribution in [0.3, 0.4) is 0 Å². The third-order valence-electron chi connectivity index (χ3n) is 8.26. The summed E-state index contributed by atoms with van der Waals surface area (Å²) in [4.78, 5) is 12.8. The van der Waals surface area contributed by atoms with Crippen LogP contribution in [-0.4, -0.2) is 5.78 Å². The lowest BCUT2D eigenvalue weighted by molar-refractivity contribution is -0.111. The summed E-state index contributed by atoms with van der Waals surface area (Å²) >= 11 is 0. The van der Waals surface area contributed by atoms with E-state index in [1.807, 2.05) is 13.8 Å². The van der Waals surface area contributed by atoms with Crippen LogP contribution in [0.15, 0.2) is 11.1 Å². The maximum Gasteiger partial charge on any atom is 0.185 e. The van der Waals surface area contributed by atoms with Crippen molar-refractivity contribution in [2.24, 2.45) is 0 Å². The summed E-state index contributed by atoms with van der Waals surface area (Å²) in [5.74, 6) is 0.727. The minimum Gasteiger partial charge on any atom is -0.289 e. The molecule has 0 saturated carbocycles. The molecular weight excluding hydrogens is 328 g/mol. The maximum absolute atomic E-state index is 12.8. The third kappa shape index (κ3) is 1.54. The SMILES string of the molecule is CC1=C2C(=C(C)C1=O)c1c(C)c(C)c3c4c(c(C)c(C)c2c14)C(C)C3(C)C. The predicted octanol–water partition coefficient (Wildman–Crippen LogP) is 6.61. The molecule has 0 N–H and O–H groups in total. The number of benzene rings is 2. The molecular formula is C26H28O. The van der Waals surface area contributed by atoms with Gasteiger partial charge in [-0.15, -0.1) is 0 Å². The van der Waals surface area contributed by atoms with Gasteiger partial charge in [0.1, 0.15) is 0 Å². The summed E-state index contributed by atoms with van der Waals surface area (Å²) in [7, 11) is 0. The van der Waals surface area contributed by atoms with E-state index in [0.717, 1.165) is 11.1 Å². The highest BCUT2D eigenvalue weighted by Crippen LogP contribution is 2.62. The van der Waals surface area contributed by atoms with Crippen molar-refractivity contribution < 1.29 is 4.79 Å². The zero-order valence-electron chi connectivity index (χ0n) is 18.0. The smallest absolute Gasteiger partial charge is 0.185 e. The lowest BCUT2D eigenvalue weighted by Gasteiger charge is -2.29. The zero-order valence-corrected chi connectivity index (χ0v) is 18.0. The monoisotopic (exact) mass is 356 g/mol. The Bertz CT molecular complexity index is 1180. The molecule has 1 unspecified atom stereocenters. The molecule has 1 atom stereocenters. The zero-order chi connectivity index (χ0) is 19.7. The van der Waals surface area contributed by atoms with Crippen LogP contribution in [0.4, 0.5) is 0 Å². The van der Waals surface area contributed by atoms with E-state index in [-0.39, 0.29) is 11.2 Å². The van der Waals surface area contributed by atoms with Crippen molar-refractivity contribution in [2.45, 2.75) is 73.6 Å². The topological polar surface area (TPSA) is 17.1 Å². The highest BCUT2D eigenvalue weighted by atomic mass is 16.1. The lowest BCUT2D eigenvalue weighted by Crippen LogP contribution is -2.21. The van der Waals surface area contributed by atoms with E-state index in [1.54, 1.807) is 5.56 Å². The molecule has 0 saturated heterocycles. The molecule has 1 heteroatoms. The molecule has 138 valence electrons. The van der Waals surface area contributed by atoms with Gasteiger partial charge in [-0.3, -0.25) is 4.79 Å². The van der Waals surface area contributed by atoms with Crippen LogP contribution in [0.1, 0.15) is 85.0 Å². The Morgan fingerprint density at radius 3 is 1.70 bits per heavy atom. The Hall–Kier alpha value is -2.15. The summed E-state index contributed by atoms with van der Waals surface area (Å²) in [5.41, 5.74) is 15.8. The molecule has 3 aliphatic carbocycles. The molecule has 0 radical (unpaired) electrons. The van der Waals surface area contributed by atoms with Gasteiger partial charge in [-0.05, 0) is 119 Å². The summed E-state index contributed by atoms with van der Waals surface area (Å²) in [5, 5.41) is 2.92. The molecule has 0 bridgehead atoms. The highest BCUT2D eigenvalue weighted by Gasteiger charge is 2.46. The average Bonchev–Trinajstić information content (AvgIpc) is 3.14. The molecule has 0 heterocycles. The molecule has 0 amide bonds. The second kappa shape index (κ2) is 4.63. The fraction of sp³-hybridized carbons (Fsp3) is 0.423. The Morgan fingerprint density at radius 2 is 1.19 bits per heavy atom. The average molecular weight is 357 g/mol. The lowest BCUT2D eigenvalue weighted by atomic mass is 9.75. The van der Waals surface area contributed by atoms with Crippen LogP contribution in [0.25, 0.3) is 21.9 Å². The largest absolute Gasteiger partial charge is 0.289 e. The molecule has 0 aliphatic heterocycles. The number of hydrogen-bond acceptors (Lipinski definition) is 1. The van der Waals surface area contributed by atoms with Gasteiger partial charge < -0.3 is 0 Å². The number of Topliss-reactive ketones (excluding diaryl/α,β-unsaturated/α-hetero) is 1. The van der Waals surface area contributed by atoms with E-state index in [1.165, 1.54) is 60.9 Å². The first-order chi connectivity index (χ1) is 12.5. The first-order valence-electron chi connectivity index (χ1n) is 10.1. The van der Waals surface area contributed by atoms with Crippen molar-refractivity contribution in [3.05, 3.63) is 55.7 Å². The number of rotatable bonds is 0. The van der Waals surface area contributed by atoms with Crippen LogP contribution in [0.2, 0.25) is 0 Å². The standard InChI is InChI=1S/C26H28O/c1-10-11(2)18-20-14(5)25(27)15(6)21(20)19-12(3)13(4)24-23(22(18)19)17(10)16(7)26(24,8)9/h16H,1-9H3. The van der Waals surface area contributed by atoms with Gasteiger partial charge in [0, 0.05) is 11.1 Å². The van der Waals surface area contributed by atoms with Gasteiger partial charge >= 0.3 is 0 Å². The minimum atomic E-state index is 0.131. The van der Waals surface area contributed by atoms with Crippen molar-refractivity contribution in [3.8, 4) is 0 Å². The van der Waals surface area contributed by atoms with Crippen LogP contribution >= 0.6 is 0 Å². The van der Waals surface area contributed by atoms with E-state index in [0.29, 0.717) is 5.92 Å². The van der Waals surface area contributed by atoms with Crippen molar-refractivity contribution >= 4 is 27.7 Å². The highest BCUT2D eigenvalue weighted by molar-refractivity contribution is 6.38. The van der Waals surface area contributed by atoms with Crippen molar-refractivity contribution in [1.82, 2.24) is 0 Å². The summed E-state index contributed by atoms with van der Waals surface area (Å²) in [6.07, 6.45) is 0. The first-order valence-corrected chi connectivity index (χ1v) is 10.1. The number of carbonyl (C=O) groups excluding carboxylic acids is 1. The van der Waals surface area contributed by atoms with E-state index < -0.39 is 0 Å². The van der Waals surface area contributed by atoms with Gasteiger partial charge in [0.25, 0.3) is 0 Å². The Labute approximate surface area is 162 Å². The fourth-order valence-corrected chi connectivity index (χ4v) is 6.34. The normalized spacial score (nSPS) is 22.0. The molecule has 5 rings (SSSR count). The number of allylic oxidation sites excluding steroid dienone is 4. The molecule has 3 aliphatic rings. The van der Waals surface area contributed by atoms with E-state index in [9.17, 15) is 4.79 Å². The molecule has 2 aromatic carbocycles. The van der Waals surface area contributed by atoms with Crippen LogP contribution in [0, 0.1) is 27.7 Å². The second-order valence-electron chi connectivity index (χ2n) is 9.56. The van der Waals surface area contributed by atoms with Gasteiger partial charge in [0.2, 0.25) is 0 Å². The Kier molecular flexibility index (Phi) is 2.91. The molecule has 0 aromatic heterocycles. The number of ketones is 1. The van der Waals surface area contributed by atoms with Crippen LogP contribution in [0.5, 0.6) is 0 Å². The minimum absolute atomic E-state index is 0.131. The predicted molar refractivity (Wildman–Crippen MR) is 115 cm³/mol. The molecule has 27 heavy (non-hydrogen) atoms. The van der Waals surface area contributed by atoms with Gasteiger partial charge in [-0.25, -0.2) is 0 Å². The van der Waals surface area contributed by atoms with Gasteiger partial charge in [-0.1, -0.05) is 20.8 Å². The van der Waals surface area contributed by atoms with Crippen LogP contribution in [-0.2, 0) is 10.2 Å². The molecule has 0 spiro atoms. The number of carbonyl (C=O) groups is 1. The fourth-order valence-electron chi connectivity index (χ4n) is 6.34. The molecule has 2 aromatic rings. The van der Waals surface area contributed by atoms with E-state index >= 15 is 0 Å². The van der Waals surface area contributed by atoms with Crippen molar-refractivity contribution in [3.63, 3.8) is 0 Å². The van der Waals surface area contributed by atoms with Crippen molar-refractivity contribution in [1.29, 1.82) is 0 Å². The number of hydrogen-bond donors (Lipinski definition) is 0. The Morgan fingerprint density at radius 1 is 0.704 bits per heavy atom. The maximum atomic E-state index is 12.8. The summed E-state index contributed by atoms with van der Waals surface area (Å²) in [6.45, 7) is 20.4.